The zero-order valence-electron chi connectivity index (χ0n) is 24.0. The van der Waals surface area contributed by atoms with Gasteiger partial charge in [-0.05, 0) is 49.9 Å². The first kappa shape index (κ1) is 27.3. The molecule has 4 aromatic carbocycles. The highest BCUT2D eigenvalue weighted by Crippen LogP contribution is 2.35. The molecule has 4 aromatic rings. The van der Waals surface area contributed by atoms with E-state index < -0.39 is 0 Å². The maximum atomic E-state index is 12.5. The highest BCUT2D eigenvalue weighted by molar-refractivity contribution is 6.20. The molecule has 216 valence electrons. The van der Waals surface area contributed by atoms with E-state index in [0.717, 1.165) is 48.5 Å². The summed E-state index contributed by atoms with van der Waals surface area (Å²) in [5.41, 5.74) is 4.34. The molecule has 4 aliphatic rings. The maximum absolute atomic E-state index is 12.5. The minimum Gasteiger partial charge on any atom is -0.306 e. The lowest BCUT2D eigenvalue weighted by Gasteiger charge is -2.14. The molecule has 2 saturated carbocycles. The summed E-state index contributed by atoms with van der Waals surface area (Å²) in [7, 11) is 0. The molecular weight excluding hydrogens is 548 g/mol. The molecule has 8 nitrogen and oxygen atoms in total. The highest BCUT2D eigenvalue weighted by Gasteiger charge is 2.31. The largest absolute Gasteiger partial charge is 0.306 e. The van der Waals surface area contributed by atoms with E-state index in [-0.39, 0.29) is 11.8 Å². The number of amides is 2. The summed E-state index contributed by atoms with van der Waals surface area (Å²) < 4.78 is 0. The number of amidine groups is 4. The van der Waals surface area contributed by atoms with Crippen LogP contribution < -0.4 is 10.6 Å². The zero-order chi connectivity index (χ0) is 29.9. The fourth-order valence-electron chi connectivity index (χ4n) is 4.97. The smallest absolute Gasteiger partial charge is 0.259 e. The number of para-hydroxylation sites is 2. The first-order chi connectivity index (χ1) is 21.6. The van der Waals surface area contributed by atoms with Gasteiger partial charge in [0.15, 0.2) is 0 Å². The van der Waals surface area contributed by atoms with Gasteiger partial charge in [-0.3, -0.25) is 9.59 Å². The molecule has 2 aliphatic heterocycles. The van der Waals surface area contributed by atoms with E-state index >= 15 is 0 Å². The molecule has 0 radical (unpaired) electrons. The number of aliphatic imine (C=N–C) groups is 4. The molecule has 8 rings (SSSR count). The molecule has 0 atom stereocenters. The minimum atomic E-state index is -0.170. The number of hydrogen-bond donors (Lipinski definition) is 2. The van der Waals surface area contributed by atoms with Crippen molar-refractivity contribution in [3.8, 4) is 0 Å². The standard InChI is InChI=1S/2C18H15N3O/c2*22-18-14-8-4-5-9-15(14)19-16(13-10-11-13)20-17(21-18)12-6-2-1-3-7-12/h2*1-9,13H,10-11H2,(H,19,20,21,22). The van der Waals surface area contributed by atoms with Gasteiger partial charge < -0.3 is 10.6 Å². The number of hydrogen-bond acceptors (Lipinski definition) is 6. The summed E-state index contributed by atoms with van der Waals surface area (Å²) in [6.45, 7) is 0. The van der Waals surface area contributed by atoms with Crippen molar-refractivity contribution in [1.82, 2.24) is 10.6 Å². The van der Waals surface area contributed by atoms with Crippen molar-refractivity contribution in [2.75, 3.05) is 0 Å². The number of fused-ring (bicyclic) bond motifs is 2. The summed E-state index contributed by atoms with van der Waals surface area (Å²) in [6, 6.07) is 34.2. The Balaban J connectivity index is 0.000000142. The Morgan fingerprint density at radius 3 is 1.20 bits per heavy atom. The van der Waals surface area contributed by atoms with E-state index in [4.69, 9.17) is 0 Å². The van der Waals surface area contributed by atoms with Gasteiger partial charge in [-0.15, -0.1) is 0 Å². The van der Waals surface area contributed by atoms with E-state index in [1.165, 1.54) is 0 Å². The second kappa shape index (κ2) is 12.0. The van der Waals surface area contributed by atoms with Gasteiger partial charge in [0.2, 0.25) is 0 Å². The molecule has 0 aromatic heterocycles. The number of nitrogens with one attached hydrogen (secondary N) is 2. The SMILES string of the molecule is O=C1NC(c2ccccc2)=NC(C2CC2)=Nc2ccccc21.O=C1NC(c2ccccc2)=NC(C2CC2)=Nc2ccccc21. The second-order valence-corrected chi connectivity index (χ2v) is 11.1. The normalized spacial score (nSPS) is 17.5. The third-order valence-corrected chi connectivity index (χ3v) is 7.66. The lowest BCUT2D eigenvalue weighted by atomic mass is 10.1. The molecule has 0 unspecified atom stereocenters. The molecule has 0 bridgehead atoms. The Kier molecular flexibility index (Phi) is 7.46. The predicted molar refractivity (Wildman–Crippen MR) is 173 cm³/mol. The molecule has 2 N–H and O–H groups in total. The van der Waals surface area contributed by atoms with Crippen LogP contribution in [0.1, 0.15) is 57.5 Å². The van der Waals surface area contributed by atoms with E-state index in [0.29, 0.717) is 46.0 Å². The summed E-state index contributed by atoms with van der Waals surface area (Å²) >= 11 is 0. The van der Waals surface area contributed by atoms with Gasteiger partial charge in [-0.25, -0.2) is 20.0 Å². The number of carbonyl (C=O) groups is 2. The van der Waals surface area contributed by atoms with Gasteiger partial charge in [-0.2, -0.15) is 0 Å². The number of benzene rings is 4. The fourth-order valence-corrected chi connectivity index (χ4v) is 4.97. The van der Waals surface area contributed by atoms with E-state index in [1.54, 1.807) is 12.1 Å². The number of carbonyl (C=O) groups excluding carboxylic acids is 2. The van der Waals surface area contributed by atoms with Crippen LogP contribution in [0.25, 0.3) is 0 Å². The molecule has 2 fully saturated rings. The van der Waals surface area contributed by atoms with Crippen LogP contribution in [-0.4, -0.2) is 35.2 Å². The van der Waals surface area contributed by atoms with Crippen molar-refractivity contribution >= 4 is 46.5 Å². The van der Waals surface area contributed by atoms with Gasteiger partial charge in [0.1, 0.15) is 23.3 Å². The maximum Gasteiger partial charge on any atom is 0.259 e. The monoisotopic (exact) mass is 578 g/mol. The Morgan fingerprint density at radius 1 is 0.455 bits per heavy atom. The van der Waals surface area contributed by atoms with Crippen molar-refractivity contribution in [2.45, 2.75) is 25.7 Å². The third-order valence-electron chi connectivity index (χ3n) is 7.66. The predicted octanol–water partition coefficient (Wildman–Crippen LogP) is 6.63. The van der Waals surface area contributed by atoms with E-state index in [9.17, 15) is 9.59 Å². The molecule has 2 heterocycles. The van der Waals surface area contributed by atoms with Gasteiger partial charge in [0.05, 0.1) is 22.5 Å². The van der Waals surface area contributed by atoms with Gasteiger partial charge in [-0.1, -0.05) is 84.9 Å². The molecule has 8 heteroatoms. The summed E-state index contributed by atoms with van der Waals surface area (Å²) in [6.07, 6.45) is 4.45. The fraction of sp³-hybridized carbons (Fsp3) is 0.167. The Hall–Kier alpha value is -5.50. The Labute approximate surface area is 255 Å². The summed E-state index contributed by atoms with van der Waals surface area (Å²) in [5.74, 6) is 3.24. The van der Waals surface area contributed by atoms with Crippen LogP contribution >= 0.6 is 0 Å². The highest BCUT2D eigenvalue weighted by atomic mass is 16.2. The summed E-state index contributed by atoms with van der Waals surface area (Å²) in [5, 5.41) is 5.87. The molecule has 0 spiro atoms. The zero-order valence-corrected chi connectivity index (χ0v) is 24.0. The average Bonchev–Trinajstić information content (AvgIpc) is 3.98. The van der Waals surface area contributed by atoms with Crippen molar-refractivity contribution in [3.63, 3.8) is 0 Å². The van der Waals surface area contributed by atoms with Crippen molar-refractivity contribution in [3.05, 3.63) is 131 Å². The van der Waals surface area contributed by atoms with Gasteiger partial charge in [0, 0.05) is 23.0 Å². The topological polar surface area (TPSA) is 108 Å². The Morgan fingerprint density at radius 2 is 0.818 bits per heavy atom. The van der Waals surface area contributed by atoms with Gasteiger partial charge in [0.25, 0.3) is 11.8 Å². The summed E-state index contributed by atoms with van der Waals surface area (Å²) in [4.78, 5) is 43.6. The number of rotatable bonds is 4. The molecule has 44 heavy (non-hydrogen) atoms. The molecule has 2 aliphatic carbocycles. The van der Waals surface area contributed by atoms with Crippen LogP contribution in [-0.2, 0) is 0 Å². The van der Waals surface area contributed by atoms with Crippen molar-refractivity contribution in [1.29, 1.82) is 0 Å². The first-order valence-electron chi connectivity index (χ1n) is 14.9. The van der Waals surface area contributed by atoms with Crippen LogP contribution in [0.3, 0.4) is 0 Å². The van der Waals surface area contributed by atoms with E-state index in [1.807, 2.05) is 97.1 Å². The lowest BCUT2D eigenvalue weighted by Crippen LogP contribution is -2.33. The van der Waals surface area contributed by atoms with E-state index in [2.05, 4.69) is 30.6 Å². The van der Waals surface area contributed by atoms with Crippen LogP contribution in [0.4, 0.5) is 11.4 Å². The first-order valence-corrected chi connectivity index (χ1v) is 14.9. The van der Waals surface area contributed by atoms with Gasteiger partial charge >= 0.3 is 0 Å². The second-order valence-electron chi connectivity index (χ2n) is 11.1. The Bertz CT molecular complexity index is 1710. The quantitative estimate of drug-likeness (QED) is 0.283. The van der Waals surface area contributed by atoms with Crippen molar-refractivity contribution < 1.29 is 9.59 Å². The average molecular weight is 579 g/mol. The van der Waals surface area contributed by atoms with Crippen LogP contribution in [0.15, 0.2) is 129 Å². The molecular formula is C36H30N6O2. The van der Waals surface area contributed by atoms with Crippen LogP contribution in [0, 0.1) is 11.8 Å². The lowest BCUT2D eigenvalue weighted by molar-refractivity contribution is 0.0969. The minimum absolute atomic E-state index is 0.170. The van der Waals surface area contributed by atoms with Crippen LogP contribution in [0.5, 0.6) is 0 Å². The third kappa shape index (κ3) is 6.15. The number of nitrogens with zero attached hydrogens (tertiary/aromatic N) is 4. The molecule has 2 amide bonds. The molecule has 0 saturated heterocycles. The van der Waals surface area contributed by atoms with Crippen molar-refractivity contribution in [2.24, 2.45) is 31.8 Å². The van der Waals surface area contributed by atoms with Crippen LogP contribution in [0.2, 0.25) is 0 Å².